The molecule has 0 amide bonds. The first-order valence-electron chi connectivity index (χ1n) is 13.2. The van der Waals surface area contributed by atoms with Crippen LogP contribution in [0, 0.1) is 0 Å². The number of nitrogens with zero attached hydrogens (tertiary/aromatic N) is 3. The van der Waals surface area contributed by atoms with Crippen molar-refractivity contribution in [3.05, 3.63) is 128 Å². The molecule has 9 aromatic rings. The molecule has 0 bridgehead atoms. The van der Waals surface area contributed by atoms with Crippen molar-refractivity contribution in [1.29, 1.82) is 0 Å². The van der Waals surface area contributed by atoms with Crippen LogP contribution in [-0.2, 0) is 0 Å². The predicted octanol–water partition coefficient (Wildman–Crippen LogP) is 9.64. The summed E-state index contributed by atoms with van der Waals surface area (Å²) < 4.78 is 7.40. The van der Waals surface area contributed by atoms with Crippen molar-refractivity contribution < 1.29 is 0 Å². The zero-order valence-electron chi connectivity index (χ0n) is 20.9. The van der Waals surface area contributed by atoms with E-state index in [1.807, 2.05) is 11.3 Å². The van der Waals surface area contributed by atoms with Gasteiger partial charge in [-0.3, -0.25) is 4.57 Å². The number of hydrogen-bond acceptors (Lipinski definition) is 2. The van der Waals surface area contributed by atoms with E-state index in [0.717, 1.165) is 16.9 Å². The highest BCUT2D eigenvalue weighted by atomic mass is 32.1. The number of thiophene rings is 1. The van der Waals surface area contributed by atoms with Gasteiger partial charge in [-0.1, -0.05) is 84.9 Å². The summed E-state index contributed by atoms with van der Waals surface area (Å²) in [6.45, 7) is 0. The Bertz CT molecular complexity index is 2390. The minimum Gasteiger partial charge on any atom is -0.307 e. The van der Waals surface area contributed by atoms with Crippen molar-refractivity contribution in [2.24, 2.45) is 0 Å². The van der Waals surface area contributed by atoms with Crippen molar-refractivity contribution >= 4 is 75.3 Å². The largest absolute Gasteiger partial charge is 0.307 e. The molecule has 39 heavy (non-hydrogen) atoms. The van der Waals surface area contributed by atoms with Crippen LogP contribution in [0.15, 0.2) is 128 Å². The van der Waals surface area contributed by atoms with Crippen molar-refractivity contribution in [3.8, 4) is 11.4 Å². The molecule has 4 aromatic heterocycles. The number of benzene rings is 5. The third-order valence-electron chi connectivity index (χ3n) is 7.96. The molecule has 0 fully saturated rings. The summed E-state index contributed by atoms with van der Waals surface area (Å²) >= 11 is 1.87. The van der Waals surface area contributed by atoms with E-state index in [-0.39, 0.29) is 0 Å². The van der Waals surface area contributed by atoms with Crippen LogP contribution in [0.4, 0.5) is 0 Å². The molecule has 0 atom stereocenters. The van der Waals surface area contributed by atoms with Gasteiger partial charge in [-0.25, -0.2) is 4.98 Å². The molecule has 0 saturated heterocycles. The Balaban J connectivity index is 1.54. The van der Waals surface area contributed by atoms with Crippen molar-refractivity contribution in [2.75, 3.05) is 0 Å². The summed E-state index contributed by atoms with van der Waals surface area (Å²) in [4.78, 5) is 5.13. The van der Waals surface area contributed by atoms with E-state index in [2.05, 4.69) is 137 Å². The Hall–Kier alpha value is -4.93. The molecule has 0 spiro atoms. The lowest BCUT2D eigenvalue weighted by molar-refractivity contribution is 1.14. The fourth-order valence-corrected chi connectivity index (χ4v) is 7.55. The summed E-state index contributed by atoms with van der Waals surface area (Å²) in [5.74, 6) is 0. The highest BCUT2D eigenvalue weighted by Crippen LogP contribution is 2.44. The second-order valence-electron chi connectivity index (χ2n) is 10.0. The van der Waals surface area contributed by atoms with Gasteiger partial charge in [-0.15, -0.1) is 11.3 Å². The van der Waals surface area contributed by atoms with Gasteiger partial charge in [0, 0.05) is 43.5 Å². The molecule has 0 aliphatic carbocycles. The number of rotatable bonds is 2. The Morgan fingerprint density at radius 1 is 0.513 bits per heavy atom. The number of para-hydroxylation sites is 3. The van der Waals surface area contributed by atoms with Crippen LogP contribution in [0.5, 0.6) is 0 Å². The van der Waals surface area contributed by atoms with Gasteiger partial charge >= 0.3 is 0 Å². The van der Waals surface area contributed by atoms with Crippen LogP contribution in [-0.4, -0.2) is 14.1 Å². The number of pyridine rings is 1. The van der Waals surface area contributed by atoms with Gasteiger partial charge in [0.1, 0.15) is 5.65 Å². The fourth-order valence-electron chi connectivity index (χ4n) is 6.35. The lowest BCUT2D eigenvalue weighted by Gasteiger charge is -2.10. The van der Waals surface area contributed by atoms with Crippen LogP contribution in [0.25, 0.3) is 75.3 Å². The molecule has 0 radical (unpaired) electrons. The molecule has 0 aliphatic rings. The summed E-state index contributed by atoms with van der Waals surface area (Å²) in [7, 11) is 0. The minimum absolute atomic E-state index is 0.975. The van der Waals surface area contributed by atoms with E-state index >= 15 is 0 Å². The van der Waals surface area contributed by atoms with Crippen LogP contribution in [0.3, 0.4) is 0 Å². The quantitative estimate of drug-likeness (QED) is 0.225. The predicted molar refractivity (Wildman–Crippen MR) is 166 cm³/mol. The van der Waals surface area contributed by atoms with Crippen molar-refractivity contribution in [1.82, 2.24) is 14.1 Å². The molecular formula is C35H21N3S. The summed E-state index contributed by atoms with van der Waals surface area (Å²) in [5.41, 5.74) is 6.87. The minimum atomic E-state index is 0.975. The monoisotopic (exact) mass is 515 g/mol. The summed E-state index contributed by atoms with van der Waals surface area (Å²) in [5, 5.41) is 7.40. The first kappa shape index (κ1) is 21.1. The molecule has 3 nitrogen and oxygen atoms in total. The molecule has 4 heteroatoms. The lowest BCUT2D eigenvalue weighted by atomic mass is 10.1. The van der Waals surface area contributed by atoms with Gasteiger partial charge < -0.3 is 4.57 Å². The maximum Gasteiger partial charge on any atom is 0.147 e. The fraction of sp³-hybridized carbons (Fsp3) is 0. The SMILES string of the molecule is c1ccc(-n2c3ccccc3c3c2ncc2c4ccccc4n(-c4cccc5c4sc4ccccc45)c23)cc1. The zero-order chi connectivity index (χ0) is 25.5. The van der Waals surface area contributed by atoms with E-state index in [1.165, 1.54) is 58.4 Å². The molecule has 0 aliphatic heterocycles. The van der Waals surface area contributed by atoms with Crippen LogP contribution in [0.1, 0.15) is 0 Å². The Morgan fingerprint density at radius 3 is 2.03 bits per heavy atom. The zero-order valence-corrected chi connectivity index (χ0v) is 21.7. The summed E-state index contributed by atoms with van der Waals surface area (Å²) in [6, 6.07) is 43.4. The maximum atomic E-state index is 5.13. The van der Waals surface area contributed by atoms with E-state index in [4.69, 9.17) is 4.98 Å². The second-order valence-corrected chi connectivity index (χ2v) is 11.1. The molecule has 9 rings (SSSR count). The number of aromatic nitrogens is 3. The van der Waals surface area contributed by atoms with Gasteiger partial charge in [-0.05, 0) is 36.4 Å². The first-order valence-corrected chi connectivity index (χ1v) is 14.0. The first-order chi connectivity index (χ1) is 19.4. The van der Waals surface area contributed by atoms with Crippen LogP contribution in [0.2, 0.25) is 0 Å². The Kier molecular flexibility index (Phi) is 4.21. The number of fused-ring (bicyclic) bond motifs is 10. The van der Waals surface area contributed by atoms with Crippen molar-refractivity contribution in [3.63, 3.8) is 0 Å². The Morgan fingerprint density at radius 2 is 1.18 bits per heavy atom. The molecular weight excluding hydrogens is 494 g/mol. The Labute approximate surface area is 227 Å². The van der Waals surface area contributed by atoms with Crippen LogP contribution >= 0.6 is 11.3 Å². The van der Waals surface area contributed by atoms with E-state index in [9.17, 15) is 0 Å². The maximum absolute atomic E-state index is 5.13. The molecule has 5 aromatic carbocycles. The third kappa shape index (κ3) is 2.78. The normalized spacial score (nSPS) is 12.1. The van der Waals surface area contributed by atoms with E-state index < -0.39 is 0 Å². The highest BCUT2D eigenvalue weighted by molar-refractivity contribution is 7.26. The number of hydrogen-bond donors (Lipinski definition) is 0. The molecule has 4 heterocycles. The van der Waals surface area contributed by atoms with E-state index in [1.54, 1.807) is 0 Å². The molecule has 182 valence electrons. The van der Waals surface area contributed by atoms with E-state index in [0.29, 0.717) is 0 Å². The van der Waals surface area contributed by atoms with Gasteiger partial charge in [-0.2, -0.15) is 0 Å². The topological polar surface area (TPSA) is 22.8 Å². The standard InChI is InChI=1S/C35H21N3S/c1-2-11-22(12-3-1)37-29-18-8-5-15-26(29)32-33-27(21-36-35(32)37)23-13-4-7-17-28(23)38(33)30-19-10-16-25-24-14-6-9-20-31(24)39-34(25)30/h1-21H. The van der Waals surface area contributed by atoms with Gasteiger partial charge in [0.15, 0.2) is 0 Å². The third-order valence-corrected chi connectivity index (χ3v) is 9.16. The molecule has 0 unspecified atom stereocenters. The van der Waals surface area contributed by atoms with Gasteiger partial charge in [0.05, 0.1) is 32.3 Å². The average molecular weight is 516 g/mol. The highest BCUT2D eigenvalue weighted by Gasteiger charge is 2.22. The lowest BCUT2D eigenvalue weighted by Crippen LogP contribution is -1.97. The van der Waals surface area contributed by atoms with Crippen LogP contribution < -0.4 is 0 Å². The summed E-state index contributed by atoms with van der Waals surface area (Å²) in [6.07, 6.45) is 2.07. The van der Waals surface area contributed by atoms with Gasteiger partial charge in [0.2, 0.25) is 0 Å². The van der Waals surface area contributed by atoms with Gasteiger partial charge in [0.25, 0.3) is 0 Å². The molecule has 0 saturated carbocycles. The average Bonchev–Trinajstić information content (AvgIpc) is 3.65. The second kappa shape index (κ2) is 7.79. The molecule has 0 N–H and O–H groups in total. The van der Waals surface area contributed by atoms with Crippen molar-refractivity contribution in [2.45, 2.75) is 0 Å². The smallest absolute Gasteiger partial charge is 0.147 e.